The Hall–Kier alpha value is -1.59. The van der Waals surface area contributed by atoms with Crippen LogP contribution in [0.5, 0.6) is 5.75 Å². The van der Waals surface area contributed by atoms with Gasteiger partial charge in [-0.25, -0.2) is 0 Å². The zero-order valence-corrected chi connectivity index (χ0v) is 12.5. The molecule has 1 amide bonds. The fourth-order valence-corrected chi connectivity index (χ4v) is 3.51. The molecule has 1 N–H and O–H groups in total. The van der Waals surface area contributed by atoms with Gasteiger partial charge >= 0.3 is 0 Å². The SMILES string of the molecule is COCCNC(=O)[C@@H]1CN(C)[C@H]2c3ccccc3OC[C@@H]12. The molecule has 0 bridgehead atoms. The number of carbonyl (C=O) groups is 1. The van der Waals surface area contributed by atoms with Crippen LogP contribution in [0.15, 0.2) is 24.3 Å². The van der Waals surface area contributed by atoms with Crippen LogP contribution in [-0.2, 0) is 9.53 Å². The molecule has 3 atom stereocenters. The highest BCUT2D eigenvalue weighted by molar-refractivity contribution is 5.80. The summed E-state index contributed by atoms with van der Waals surface area (Å²) in [5.41, 5.74) is 1.20. The Balaban J connectivity index is 1.76. The summed E-state index contributed by atoms with van der Waals surface area (Å²) in [5, 5.41) is 2.96. The van der Waals surface area contributed by atoms with Crippen molar-refractivity contribution in [3.05, 3.63) is 29.8 Å². The zero-order chi connectivity index (χ0) is 14.8. The van der Waals surface area contributed by atoms with Crippen molar-refractivity contribution in [1.29, 1.82) is 0 Å². The van der Waals surface area contributed by atoms with Gasteiger partial charge in [0.05, 0.1) is 19.1 Å². The first-order valence-corrected chi connectivity index (χ1v) is 7.41. The Morgan fingerprint density at radius 3 is 3.10 bits per heavy atom. The number of carbonyl (C=O) groups excluding carboxylic acids is 1. The predicted molar refractivity (Wildman–Crippen MR) is 79.2 cm³/mol. The minimum Gasteiger partial charge on any atom is -0.493 e. The van der Waals surface area contributed by atoms with E-state index in [1.54, 1.807) is 7.11 Å². The molecule has 1 fully saturated rings. The third-order valence-corrected chi connectivity index (χ3v) is 4.49. The van der Waals surface area contributed by atoms with Gasteiger partial charge in [0, 0.05) is 37.7 Å². The van der Waals surface area contributed by atoms with E-state index in [9.17, 15) is 4.79 Å². The van der Waals surface area contributed by atoms with Crippen molar-refractivity contribution in [2.45, 2.75) is 6.04 Å². The lowest BCUT2D eigenvalue weighted by Crippen LogP contribution is -2.39. The predicted octanol–water partition coefficient (Wildman–Crippen LogP) is 1.06. The maximum absolute atomic E-state index is 12.4. The molecule has 5 heteroatoms. The number of hydrogen-bond acceptors (Lipinski definition) is 4. The van der Waals surface area contributed by atoms with Crippen molar-refractivity contribution in [2.75, 3.05) is 40.5 Å². The minimum atomic E-state index is -0.0230. The summed E-state index contributed by atoms with van der Waals surface area (Å²) in [6.45, 7) is 2.48. The number of hydrogen-bond donors (Lipinski definition) is 1. The van der Waals surface area contributed by atoms with Crippen molar-refractivity contribution in [3.63, 3.8) is 0 Å². The molecule has 1 aromatic carbocycles. The van der Waals surface area contributed by atoms with E-state index in [1.165, 1.54) is 5.56 Å². The Labute approximate surface area is 125 Å². The van der Waals surface area contributed by atoms with Crippen LogP contribution in [0.25, 0.3) is 0 Å². The lowest BCUT2D eigenvalue weighted by atomic mass is 9.85. The van der Waals surface area contributed by atoms with Gasteiger partial charge in [-0.05, 0) is 13.1 Å². The molecule has 21 heavy (non-hydrogen) atoms. The number of para-hydroxylation sites is 1. The van der Waals surface area contributed by atoms with Crippen LogP contribution in [0.1, 0.15) is 11.6 Å². The van der Waals surface area contributed by atoms with Gasteiger partial charge in [0.25, 0.3) is 0 Å². The van der Waals surface area contributed by atoms with E-state index in [1.807, 2.05) is 18.2 Å². The second-order valence-electron chi connectivity index (χ2n) is 5.79. The average molecular weight is 290 g/mol. The minimum absolute atomic E-state index is 0.0230. The van der Waals surface area contributed by atoms with E-state index in [0.717, 1.165) is 12.3 Å². The van der Waals surface area contributed by atoms with Crippen molar-refractivity contribution < 1.29 is 14.3 Å². The molecule has 114 valence electrons. The molecular formula is C16H22N2O3. The molecule has 1 aromatic rings. The van der Waals surface area contributed by atoms with Crippen molar-refractivity contribution >= 4 is 5.91 Å². The fraction of sp³-hybridized carbons (Fsp3) is 0.562. The van der Waals surface area contributed by atoms with Crippen LogP contribution in [0.4, 0.5) is 0 Å². The molecule has 0 radical (unpaired) electrons. The van der Waals surface area contributed by atoms with E-state index in [0.29, 0.717) is 19.8 Å². The van der Waals surface area contributed by atoms with Gasteiger partial charge in [0.1, 0.15) is 5.75 Å². The second kappa shape index (κ2) is 6.03. The highest BCUT2D eigenvalue weighted by Crippen LogP contribution is 2.46. The van der Waals surface area contributed by atoms with Crippen molar-refractivity contribution in [2.24, 2.45) is 11.8 Å². The topological polar surface area (TPSA) is 50.8 Å². The van der Waals surface area contributed by atoms with E-state index in [4.69, 9.17) is 9.47 Å². The molecule has 2 aliphatic rings. The number of likely N-dealkylation sites (tertiary alicyclic amines) is 1. The van der Waals surface area contributed by atoms with Gasteiger partial charge in [0.15, 0.2) is 0 Å². The van der Waals surface area contributed by atoms with Crippen LogP contribution >= 0.6 is 0 Å². The number of nitrogens with one attached hydrogen (secondary N) is 1. The first-order chi connectivity index (χ1) is 10.2. The summed E-state index contributed by atoms with van der Waals surface area (Å²) < 4.78 is 10.8. The van der Waals surface area contributed by atoms with Gasteiger partial charge in [0.2, 0.25) is 5.91 Å². The maximum Gasteiger partial charge on any atom is 0.224 e. The molecule has 0 aromatic heterocycles. The van der Waals surface area contributed by atoms with E-state index < -0.39 is 0 Å². The summed E-state index contributed by atoms with van der Waals surface area (Å²) in [6.07, 6.45) is 0. The summed E-state index contributed by atoms with van der Waals surface area (Å²) in [7, 11) is 3.72. The van der Waals surface area contributed by atoms with Crippen molar-refractivity contribution in [3.8, 4) is 5.75 Å². The molecule has 1 saturated heterocycles. The molecule has 5 nitrogen and oxygen atoms in total. The summed E-state index contributed by atoms with van der Waals surface area (Å²) in [4.78, 5) is 14.7. The molecule has 0 saturated carbocycles. The molecular weight excluding hydrogens is 268 g/mol. The first-order valence-electron chi connectivity index (χ1n) is 7.41. The van der Waals surface area contributed by atoms with Gasteiger partial charge in [-0.1, -0.05) is 18.2 Å². The zero-order valence-electron chi connectivity index (χ0n) is 12.5. The van der Waals surface area contributed by atoms with E-state index >= 15 is 0 Å². The number of nitrogens with zero attached hydrogens (tertiary/aromatic N) is 1. The standard InChI is InChI=1S/C16H22N2O3/c1-18-9-12(16(19)17-7-8-20-2)13-10-21-14-6-4-3-5-11(14)15(13)18/h3-6,12-13,15H,7-10H2,1-2H3,(H,17,19)/t12-,13+,15+/m1/s1. The highest BCUT2D eigenvalue weighted by atomic mass is 16.5. The molecule has 2 heterocycles. The van der Waals surface area contributed by atoms with E-state index in [-0.39, 0.29) is 23.8 Å². The Morgan fingerprint density at radius 2 is 2.29 bits per heavy atom. The number of fused-ring (bicyclic) bond motifs is 3. The van der Waals surface area contributed by atoms with Gasteiger partial charge < -0.3 is 14.8 Å². The average Bonchev–Trinajstić information content (AvgIpc) is 2.85. The van der Waals surface area contributed by atoms with Crippen LogP contribution in [-0.4, -0.2) is 51.3 Å². The molecule has 0 aliphatic carbocycles. The summed E-state index contributed by atoms with van der Waals surface area (Å²) >= 11 is 0. The van der Waals surface area contributed by atoms with Crippen molar-refractivity contribution in [1.82, 2.24) is 10.2 Å². The Bertz CT molecular complexity index is 520. The molecule has 3 rings (SSSR count). The Morgan fingerprint density at radius 1 is 1.48 bits per heavy atom. The third kappa shape index (κ3) is 2.63. The van der Waals surface area contributed by atoms with Crippen LogP contribution in [0, 0.1) is 11.8 Å². The lowest BCUT2D eigenvalue weighted by molar-refractivity contribution is -0.126. The quantitative estimate of drug-likeness (QED) is 0.843. The number of methoxy groups -OCH3 is 1. The fourth-order valence-electron chi connectivity index (χ4n) is 3.51. The highest BCUT2D eigenvalue weighted by Gasteiger charge is 2.47. The number of benzene rings is 1. The normalized spacial score (nSPS) is 27.6. The maximum atomic E-state index is 12.4. The number of ether oxygens (including phenoxy) is 2. The first kappa shape index (κ1) is 14.4. The second-order valence-corrected chi connectivity index (χ2v) is 5.79. The van der Waals surface area contributed by atoms with Crippen LogP contribution in [0.2, 0.25) is 0 Å². The lowest BCUT2D eigenvalue weighted by Gasteiger charge is -2.32. The van der Waals surface area contributed by atoms with Gasteiger partial charge in [-0.3, -0.25) is 9.69 Å². The summed E-state index contributed by atoms with van der Waals surface area (Å²) in [5.74, 6) is 1.25. The van der Waals surface area contributed by atoms with Gasteiger partial charge in [-0.2, -0.15) is 0 Å². The van der Waals surface area contributed by atoms with Crippen LogP contribution < -0.4 is 10.1 Å². The molecule has 2 aliphatic heterocycles. The largest absolute Gasteiger partial charge is 0.493 e. The van der Waals surface area contributed by atoms with E-state index in [2.05, 4.69) is 23.3 Å². The Kier molecular flexibility index (Phi) is 4.12. The van der Waals surface area contributed by atoms with Crippen LogP contribution in [0.3, 0.4) is 0 Å². The monoisotopic (exact) mass is 290 g/mol. The smallest absolute Gasteiger partial charge is 0.224 e. The number of rotatable bonds is 4. The van der Waals surface area contributed by atoms with Gasteiger partial charge in [-0.15, -0.1) is 0 Å². The third-order valence-electron chi connectivity index (χ3n) is 4.49. The molecule has 0 unspecified atom stereocenters. The number of amides is 1. The molecule has 0 spiro atoms. The summed E-state index contributed by atoms with van der Waals surface area (Å²) in [6, 6.07) is 8.40.